The monoisotopic (exact) mass is 492 g/mol. The van der Waals surface area contributed by atoms with E-state index in [9.17, 15) is 18.0 Å². The standard InChI is InChI=1S/C22H20BrF3N4O/c1-29-12-17(23)21(28-29)13-4-6-16(19(25)9-13)22(31)27-14-3-2-8-30(11-14)15-5-7-18(24)20(26)10-15/h4-7,9-10,12,14H,2-3,8,11H2,1H3,(H,27,31)/t14-/m0/s1. The second-order valence-electron chi connectivity index (χ2n) is 7.55. The van der Waals surface area contributed by atoms with Gasteiger partial charge in [0.2, 0.25) is 0 Å². The highest BCUT2D eigenvalue weighted by Gasteiger charge is 2.24. The molecule has 162 valence electrons. The van der Waals surface area contributed by atoms with E-state index in [1.54, 1.807) is 24.0 Å². The van der Waals surface area contributed by atoms with Gasteiger partial charge in [-0.1, -0.05) is 6.07 Å². The Morgan fingerprint density at radius 3 is 2.61 bits per heavy atom. The Balaban J connectivity index is 1.46. The van der Waals surface area contributed by atoms with Crippen molar-refractivity contribution in [2.45, 2.75) is 18.9 Å². The number of hydrogen-bond acceptors (Lipinski definition) is 3. The Morgan fingerprint density at radius 2 is 1.94 bits per heavy atom. The number of carbonyl (C=O) groups is 1. The van der Waals surface area contributed by atoms with Gasteiger partial charge in [-0.25, -0.2) is 13.2 Å². The van der Waals surface area contributed by atoms with E-state index in [0.29, 0.717) is 36.5 Å². The molecule has 3 aromatic rings. The number of nitrogens with zero attached hydrogens (tertiary/aromatic N) is 3. The Labute approximate surface area is 186 Å². The summed E-state index contributed by atoms with van der Waals surface area (Å²) in [4.78, 5) is 14.6. The molecule has 1 atom stereocenters. The lowest BCUT2D eigenvalue weighted by Crippen LogP contribution is -2.48. The van der Waals surface area contributed by atoms with Crippen molar-refractivity contribution < 1.29 is 18.0 Å². The average Bonchev–Trinajstić information content (AvgIpc) is 3.08. The van der Waals surface area contributed by atoms with Gasteiger partial charge in [0, 0.05) is 49.7 Å². The number of nitrogens with one attached hydrogen (secondary N) is 1. The first-order chi connectivity index (χ1) is 14.8. The lowest BCUT2D eigenvalue weighted by Gasteiger charge is -2.34. The number of halogens is 4. The molecule has 1 N–H and O–H groups in total. The molecule has 0 bridgehead atoms. The second kappa shape index (κ2) is 8.74. The highest BCUT2D eigenvalue weighted by atomic mass is 79.9. The fraction of sp³-hybridized carbons (Fsp3) is 0.273. The number of amides is 1. The molecule has 1 aliphatic rings. The van der Waals surface area contributed by atoms with Crippen LogP contribution in [0.25, 0.3) is 11.3 Å². The Bertz CT molecular complexity index is 1130. The van der Waals surface area contributed by atoms with Crippen LogP contribution in [-0.4, -0.2) is 34.8 Å². The minimum Gasteiger partial charge on any atom is -0.369 e. The minimum atomic E-state index is -0.912. The van der Waals surface area contributed by atoms with Gasteiger partial charge in [0.25, 0.3) is 5.91 Å². The predicted molar refractivity (Wildman–Crippen MR) is 115 cm³/mol. The quantitative estimate of drug-likeness (QED) is 0.575. The maximum atomic E-state index is 14.7. The van der Waals surface area contributed by atoms with Crippen LogP contribution < -0.4 is 10.2 Å². The van der Waals surface area contributed by atoms with E-state index < -0.39 is 23.4 Å². The highest BCUT2D eigenvalue weighted by molar-refractivity contribution is 9.10. The van der Waals surface area contributed by atoms with Crippen LogP contribution in [0.1, 0.15) is 23.2 Å². The molecule has 0 unspecified atom stereocenters. The fourth-order valence-electron chi connectivity index (χ4n) is 3.78. The normalized spacial score (nSPS) is 16.4. The second-order valence-corrected chi connectivity index (χ2v) is 8.41. The van der Waals surface area contributed by atoms with Crippen LogP contribution >= 0.6 is 15.9 Å². The van der Waals surface area contributed by atoms with E-state index in [4.69, 9.17) is 0 Å². The van der Waals surface area contributed by atoms with E-state index in [0.717, 1.165) is 23.0 Å². The van der Waals surface area contributed by atoms with Crippen LogP contribution in [0.5, 0.6) is 0 Å². The lowest BCUT2D eigenvalue weighted by molar-refractivity contribution is 0.0929. The molecule has 0 saturated carbocycles. The summed E-state index contributed by atoms with van der Waals surface area (Å²) in [6.07, 6.45) is 3.24. The lowest BCUT2D eigenvalue weighted by atomic mass is 10.0. The van der Waals surface area contributed by atoms with Gasteiger partial charge >= 0.3 is 0 Å². The number of benzene rings is 2. The van der Waals surface area contributed by atoms with Crippen LogP contribution in [0.3, 0.4) is 0 Å². The molecule has 4 rings (SSSR count). The molecule has 1 amide bonds. The topological polar surface area (TPSA) is 50.2 Å². The average molecular weight is 493 g/mol. The largest absolute Gasteiger partial charge is 0.369 e. The first-order valence-corrected chi connectivity index (χ1v) is 10.6. The number of aryl methyl sites for hydroxylation is 1. The summed E-state index contributed by atoms with van der Waals surface area (Å²) in [6.45, 7) is 1.09. The van der Waals surface area contributed by atoms with Crippen LogP contribution in [-0.2, 0) is 7.05 Å². The number of carbonyl (C=O) groups excluding carboxylic acids is 1. The number of anilines is 1. The summed E-state index contributed by atoms with van der Waals surface area (Å²) in [7, 11) is 1.76. The summed E-state index contributed by atoms with van der Waals surface area (Å²) in [5.41, 5.74) is 1.64. The summed E-state index contributed by atoms with van der Waals surface area (Å²) < 4.78 is 43.8. The van der Waals surface area contributed by atoms with Crippen LogP contribution in [0, 0.1) is 17.5 Å². The smallest absolute Gasteiger partial charge is 0.254 e. The van der Waals surface area contributed by atoms with Gasteiger partial charge in [-0.15, -0.1) is 0 Å². The number of piperidine rings is 1. The van der Waals surface area contributed by atoms with Crippen molar-refractivity contribution in [1.82, 2.24) is 15.1 Å². The predicted octanol–water partition coefficient (Wildman–Crippen LogP) is 4.67. The molecule has 0 radical (unpaired) electrons. The molecule has 2 heterocycles. The zero-order valence-corrected chi connectivity index (χ0v) is 18.3. The first kappa shape index (κ1) is 21.4. The zero-order valence-electron chi connectivity index (χ0n) is 16.7. The van der Waals surface area contributed by atoms with E-state index in [-0.39, 0.29) is 11.6 Å². The first-order valence-electron chi connectivity index (χ1n) is 9.82. The van der Waals surface area contributed by atoms with Gasteiger partial charge in [-0.2, -0.15) is 5.10 Å². The van der Waals surface area contributed by atoms with Crippen molar-refractivity contribution in [2.75, 3.05) is 18.0 Å². The fourth-order valence-corrected chi connectivity index (χ4v) is 4.38. The molecule has 1 aliphatic heterocycles. The number of hydrogen-bond donors (Lipinski definition) is 1. The molecule has 1 saturated heterocycles. The van der Waals surface area contributed by atoms with Crippen molar-refractivity contribution in [1.29, 1.82) is 0 Å². The van der Waals surface area contributed by atoms with Gasteiger partial charge in [-0.05, 0) is 53.0 Å². The van der Waals surface area contributed by atoms with Gasteiger partial charge < -0.3 is 10.2 Å². The molecule has 5 nitrogen and oxygen atoms in total. The molecule has 2 aromatic carbocycles. The third-order valence-corrected chi connectivity index (χ3v) is 5.88. The van der Waals surface area contributed by atoms with Gasteiger partial charge in [0.05, 0.1) is 10.0 Å². The van der Waals surface area contributed by atoms with Crippen LogP contribution in [0.4, 0.5) is 18.9 Å². The summed E-state index contributed by atoms with van der Waals surface area (Å²) in [6, 6.07) is 7.89. The van der Waals surface area contributed by atoms with Crippen LogP contribution in [0.2, 0.25) is 0 Å². The molecule has 9 heteroatoms. The number of aromatic nitrogens is 2. The highest BCUT2D eigenvalue weighted by Crippen LogP contribution is 2.28. The Kier molecular flexibility index (Phi) is 6.04. The molecule has 1 fully saturated rings. The maximum Gasteiger partial charge on any atom is 0.254 e. The summed E-state index contributed by atoms with van der Waals surface area (Å²) in [5.74, 6) is -2.96. The number of rotatable bonds is 4. The maximum absolute atomic E-state index is 14.7. The molecule has 31 heavy (non-hydrogen) atoms. The van der Waals surface area contributed by atoms with E-state index in [2.05, 4.69) is 26.3 Å². The summed E-state index contributed by atoms with van der Waals surface area (Å²) in [5, 5.41) is 7.14. The molecular weight excluding hydrogens is 473 g/mol. The minimum absolute atomic E-state index is 0.0549. The molecule has 0 spiro atoms. The Hall–Kier alpha value is -2.81. The van der Waals surface area contributed by atoms with Gasteiger partial charge in [0.15, 0.2) is 11.6 Å². The van der Waals surface area contributed by atoms with E-state index in [1.807, 2.05) is 4.90 Å². The van der Waals surface area contributed by atoms with Crippen molar-refractivity contribution in [3.8, 4) is 11.3 Å². The molecule has 0 aliphatic carbocycles. The zero-order chi connectivity index (χ0) is 22.1. The third kappa shape index (κ3) is 4.61. The SMILES string of the molecule is Cn1cc(Br)c(-c2ccc(C(=O)N[C@H]3CCCN(c4ccc(F)c(F)c4)C3)c(F)c2)n1. The molecule has 1 aromatic heterocycles. The molecular formula is C22H20BrF3N4O. The Morgan fingerprint density at radius 1 is 1.13 bits per heavy atom. The van der Waals surface area contributed by atoms with E-state index in [1.165, 1.54) is 18.2 Å². The summed E-state index contributed by atoms with van der Waals surface area (Å²) >= 11 is 3.39. The van der Waals surface area contributed by atoms with Crippen molar-refractivity contribution in [3.05, 3.63) is 70.1 Å². The van der Waals surface area contributed by atoms with Gasteiger partial charge in [-0.3, -0.25) is 9.48 Å². The van der Waals surface area contributed by atoms with E-state index >= 15 is 0 Å². The van der Waals surface area contributed by atoms with Crippen molar-refractivity contribution in [3.63, 3.8) is 0 Å². The third-order valence-electron chi connectivity index (χ3n) is 5.30. The van der Waals surface area contributed by atoms with Crippen molar-refractivity contribution in [2.24, 2.45) is 7.05 Å². The van der Waals surface area contributed by atoms with Gasteiger partial charge in [0.1, 0.15) is 11.5 Å². The van der Waals surface area contributed by atoms with Crippen molar-refractivity contribution >= 4 is 27.5 Å². The van der Waals surface area contributed by atoms with Crippen LogP contribution in [0.15, 0.2) is 47.1 Å².